The van der Waals surface area contributed by atoms with Crippen molar-refractivity contribution in [3.8, 4) is 11.5 Å². The van der Waals surface area contributed by atoms with Gasteiger partial charge in [0, 0.05) is 24.0 Å². The fourth-order valence-electron chi connectivity index (χ4n) is 3.91. The predicted molar refractivity (Wildman–Crippen MR) is 120 cm³/mol. The average Bonchev–Trinajstić information content (AvgIpc) is 2.78. The lowest BCUT2D eigenvalue weighted by Crippen LogP contribution is -2.40. The Bertz CT molecular complexity index is 835. The number of methoxy groups -OCH3 is 2. The number of piperidine rings is 1. The maximum absolute atomic E-state index is 12.5. The van der Waals surface area contributed by atoms with Crippen molar-refractivity contribution in [3.05, 3.63) is 58.6 Å². The molecule has 1 fully saturated rings. The fourth-order valence-corrected chi connectivity index (χ4v) is 4.10. The molecule has 1 aliphatic rings. The monoisotopic (exact) mass is 430 g/mol. The Kier molecular flexibility index (Phi) is 8.40. The first-order chi connectivity index (χ1) is 14.6. The van der Waals surface area contributed by atoms with Crippen molar-refractivity contribution < 1.29 is 14.3 Å². The maximum Gasteiger partial charge on any atom is 0.223 e. The number of carbonyl (C=O) groups is 1. The van der Waals surface area contributed by atoms with Crippen LogP contribution in [0.15, 0.2) is 42.5 Å². The summed E-state index contributed by atoms with van der Waals surface area (Å²) in [5.74, 6) is 1.76. The Balaban J connectivity index is 1.36. The number of hydrogen-bond acceptors (Lipinski definition) is 4. The lowest BCUT2D eigenvalue weighted by atomic mass is 9.95. The Hall–Kier alpha value is -2.24. The van der Waals surface area contributed by atoms with Crippen LogP contribution in [0.1, 0.15) is 30.4 Å². The van der Waals surface area contributed by atoms with Gasteiger partial charge in [0.1, 0.15) is 0 Å². The normalized spacial score (nSPS) is 15.0. The van der Waals surface area contributed by atoms with Gasteiger partial charge in [-0.05, 0) is 68.1 Å². The van der Waals surface area contributed by atoms with E-state index < -0.39 is 0 Å². The second kappa shape index (κ2) is 11.2. The van der Waals surface area contributed by atoms with Crippen molar-refractivity contribution in [2.24, 2.45) is 5.92 Å². The third-order valence-corrected chi connectivity index (χ3v) is 6.07. The van der Waals surface area contributed by atoms with Crippen molar-refractivity contribution >= 4 is 17.5 Å². The van der Waals surface area contributed by atoms with Crippen LogP contribution in [0.4, 0.5) is 0 Å². The van der Waals surface area contributed by atoms with Crippen LogP contribution >= 0.6 is 11.6 Å². The van der Waals surface area contributed by atoms with E-state index >= 15 is 0 Å². The van der Waals surface area contributed by atoms with Gasteiger partial charge in [-0.1, -0.05) is 35.9 Å². The smallest absolute Gasteiger partial charge is 0.223 e. The molecule has 0 aromatic heterocycles. The molecule has 0 spiro atoms. The first-order valence-electron chi connectivity index (χ1n) is 10.5. The van der Waals surface area contributed by atoms with E-state index in [1.54, 1.807) is 14.2 Å². The summed E-state index contributed by atoms with van der Waals surface area (Å²) >= 11 is 6.27. The number of carbonyl (C=O) groups excluding carboxylic acids is 1. The first kappa shape index (κ1) is 22.4. The highest BCUT2D eigenvalue weighted by Crippen LogP contribution is 2.28. The molecule has 1 N–H and O–H groups in total. The van der Waals surface area contributed by atoms with Crippen LogP contribution in [-0.4, -0.2) is 44.7 Å². The molecule has 1 amide bonds. The molecule has 162 valence electrons. The maximum atomic E-state index is 12.5. The lowest BCUT2D eigenvalue weighted by Gasteiger charge is -2.31. The van der Waals surface area contributed by atoms with Crippen molar-refractivity contribution in [1.82, 2.24) is 10.2 Å². The van der Waals surface area contributed by atoms with Gasteiger partial charge < -0.3 is 14.8 Å². The number of benzene rings is 2. The molecular formula is C24H31ClN2O3. The average molecular weight is 431 g/mol. The van der Waals surface area contributed by atoms with Crippen LogP contribution < -0.4 is 14.8 Å². The minimum Gasteiger partial charge on any atom is -0.493 e. The van der Waals surface area contributed by atoms with Crippen LogP contribution in [0.5, 0.6) is 11.5 Å². The van der Waals surface area contributed by atoms with E-state index in [2.05, 4.69) is 16.3 Å². The zero-order valence-electron chi connectivity index (χ0n) is 17.8. The standard InChI is InChI=1S/C24H31ClN2O3/c1-29-22-10-9-18(16-23(22)30-2)6-5-13-26-24(28)19-11-14-27(15-12-19)17-20-7-3-4-8-21(20)25/h3-4,7-10,16,19H,5-6,11-15,17H2,1-2H3,(H,26,28). The van der Waals surface area contributed by atoms with Gasteiger partial charge in [-0.15, -0.1) is 0 Å². The number of rotatable bonds is 9. The minimum absolute atomic E-state index is 0.105. The zero-order chi connectivity index (χ0) is 21.3. The molecule has 0 saturated carbocycles. The molecule has 0 bridgehead atoms. The van der Waals surface area contributed by atoms with Crippen LogP contribution in [0.25, 0.3) is 0 Å². The van der Waals surface area contributed by atoms with E-state index in [1.807, 2.05) is 36.4 Å². The third kappa shape index (κ3) is 6.13. The number of aryl methyl sites for hydroxylation is 1. The number of hydrogen-bond donors (Lipinski definition) is 1. The second-order valence-corrected chi connectivity index (χ2v) is 8.13. The molecule has 1 heterocycles. The molecule has 0 aliphatic carbocycles. The number of likely N-dealkylation sites (tertiary alicyclic amines) is 1. The van der Waals surface area contributed by atoms with Gasteiger partial charge in [-0.2, -0.15) is 0 Å². The Morgan fingerprint density at radius 1 is 1.10 bits per heavy atom. The molecule has 30 heavy (non-hydrogen) atoms. The zero-order valence-corrected chi connectivity index (χ0v) is 18.6. The summed E-state index contributed by atoms with van der Waals surface area (Å²) in [5.41, 5.74) is 2.33. The van der Waals surface area contributed by atoms with E-state index in [1.165, 1.54) is 5.56 Å². The van der Waals surface area contributed by atoms with Crippen molar-refractivity contribution in [2.45, 2.75) is 32.2 Å². The highest BCUT2D eigenvalue weighted by atomic mass is 35.5. The van der Waals surface area contributed by atoms with Crippen molar-refractivity contribution in [3.63, 3.8) is 0 Å². The Labute approximate surface area is 184 Å². The van der Waals surface area contributed by atoms with Crippen molar-refractivity contribution in [2.75, 3.05) is 33.9 Å². The molecular weight excluding hydrogens is 400 g/mol. The largest absolute Gasteiger partial charge is 0.493 e. The van der Waals surface area contributed by atoms with Gasteiger partial charge in [0.05, 0.1) is 14.2 Å². The fraction of sp³-hybridized carbons (Fsp3) is 0.458. The topological polar surface area (TPSA) is 50.8 Å². The molecule has 2 aromatic carbocycles. The van der Waals surface area contributed by atoms with E-state index in [-0.39, 0.29) is 11.8 Å². The van der Waals surface area contributed by atoms with Gasteiger partial charge in [-0.3, -0.25) is 9.69 Å². The number of nitrogens with one attached hydrogen (secondary N) is 1. The Morgan fingerprint density at radius 3 is 2.53 bits per heavy atom. The number of nitrogens with zero attached hydrogens (tertiary/aromatic N) is 1. The summed E-state index contributed by atoms with van der Waals surface area (Å²) < 4.78 is 10.6. The van der Waals surface area contributed by atoms with Crippen LogP contribution in [0.2, 0.25) is 5.02 Å². The molecule has 3 rings (SSSR count). The predicted octanol–water partition coefficient (Wildman–Crippen LogP) is 4.32. The highest BCUT2D eigenvalue weighted by Gasteiger charge is 2.24. The number of ether oxygens (including phenoxy) is 2. The summed E-state index contributed by atoms with van der Waals surface area (Å²) in [6, 6.07) is 13.9. The molecule has 6 heteroatoms. The summed E-state index contributed by atoms with van der Waals surface area (Å²) in [6.07, 6.45) is 3.57. The van der Waals surface area contributed by atoms with E-state index in [4.69, 9.17) is 21.1 Å². The quantitative estimate of drug-likeness (QED) is 0.602. The molecule has 2 aromatic rings. The van der Waals surface area contributed by atoms with Gasteiger partial charge in [0.2, 0.25) is 5.91 Å². The summed E-state index contributed by atoms with van der Waals surface area (Å²) in [7, 11) is 3.27. The molecule has 0 radical (unpaired) electrons. The molecule has 0 unspecified atom stereocenters. The number of halogens is 1. The van der Waals surface area contributed by atoms with E-state index in [0.717, 1.165) is 67.4 Å². The summed E-state index contributed by atoms with van der Waals surface area (Å²) in [5, 5.41) is 3.92. The second-order valence-electron chi connectivity index (χ2n) is 7.73. The van der Waals surface area contributed by atoms with E-state index in [0.29, 0.717) is 6.54 Å². The SMILES string of the molecule is COc1ccc(CCCNC(=O)C2CCN(Cc3ccccc3Cl)CC2)cc1OC. The van der Waals surface area contributed by atoms with Crippen LogP contribution in [0, 0.1) is 5.92 Å². The molecule has 5 nitrogen and oxygen atoms in total. The lowest BCUT2D eigenvalue weighted by molar-refractivity contribution is -0.126. The molecule has 0 atom stereocenters. The van der Waals surface area contributed by atoms with Crippen LogP contribution in [0.3, 0.4) is 0 Å². The molecule has 1 aliphatic heterocycles. The van der Waals surface area contributed by atoms with Gasteiger partial charge in [0.25, 0.3) is 0 Å². The van der Waals surface area contributed by atoms with Gasteiger partial charge in [-0.25, -0.2) is 0 Å². The minimum atomic E-state index is 0.105. The van der Waals surface area contributed by atoms with Gasteiger partial charge in [0.15, 0.2) is 11.5 Å². The highest BCUT2D eigenvalue weighted by molar-refractivity contribution is 6.31. The van der Waals surface area contributed by atoms with Crippen LogP contribution in [-0.2, 0) is 17.8 Å². The van der Waals surface area contributed by atoms with Gasteiger partial charge >= 0.3 is 0 Å². The summed E-state index contributed by atoms with van der Waals surface area (Å²) in [6.45, 7) is 3.39. The summed E-state index contributed by atoms with van der Waals surface area (Å²) in [4.78, 5) is 14.9. The van der Waals surface area contributed by atoms with Crippen molar-refractivity contribution in [1.29, 1.82) is 0 Å². The molecule has 1 saturated heterocycles. The third-order valence-electron chi connectivity index (χ3n) is 5.70. The first-order valence-corrected chi connectivity index (χ1v) is 10.9. The van der Waals surface area contributed by atoms with E-state index in [9.17, 15) is 4.79 Å². The Morgan fingerprint density at radius 2 is 1.83 bits per heavy atom. The number of amides is 1.